The number of anilines is 1. The molecule has 104 valence electrons. The third kappa shape index (κ3) is 4.59. The molecular weight excluding hydrogens is 272 g/mol. The van der Waals surface area contributed by atoms with Gasteiger partial charge in [0.25, 0.3) is 0 Å². The van der Waals surface area contributed by atoms with Crippen LogP contribution in [0.25, 0.3) is 0 Å². The molecule has 4 heteroatoms. The molecule has 0 aliphatic heterocycles. The zero-order chi connectivity index (χ0) is 14.4. The number of nitrogen functional groups attached to an aromatic ring is 1. The number of nitrogens with one attached hydrogen (secondary N) is 1. The van der Waals surface area contributed by atoms with Gasteiger partial charge in [0.2, 0.25) is 5.91 Å². The largest absolute Gasteiger partial charge is 0.399 e. The highest BCUT2D eigenvalue weighted by Crippen LogP contribution is 2.09. The highest BCUT2D eigenvalue weighted by molar-refractivity contribution is 6.30. The van der Waals surface area contributed by atoms with Crippen molar-refractivity contribution in [3.05, 3.63) is 64.7 Å². The lowest BCUT2D eigenvalue weighted by Gasteiger charge is -2.06. The second-order valence-electron chi connectivity index (χ2n) is 4.64. The van der Waals surface area contributed by atoms with Crippen molar-refractivity contribution >= 4 is 23.2 Å². The number of hydrogen-bond acceptors (Lipinski definition) is 2. The Bertz CT molecular complexity index is 564. The minimum absolute atomic E-state index is 0.0173. The molecule has 0 aromatic heterocycles. The number of carbonyl (C=O) groups is 1. The molecule has 3 nitrogen and oxygen atoms in total. The monoisotopic (exact) mass is 288 g/mol. The van der Waals surface area contributed by atoms with Gasteiger partial charge >= 0.3 is 0 Å². The van der Waals surface area contributed by atoms with Crippen molar-refractivity contribution < 1.29 is 4.79 Å². The van der Waals surface area contributed by atoms with Gasteiger partial charge in [-0.2, -0.15) is 0 Å². The van der Waals surface area contributed by atoms with Crippen molar-refractivity contribution in [1.82, 2.24) is 5.32 Å². The first kappa shape index (κ1) is 14.4. The molecule has 0 radical (unpaired) electrons. The lowest BCUT2D eigenvalue weighted by atomic mass is 10.1. The summed E-state index contributed by atoms with van der Waals surface area (Å²) in [5.41, 5.74) is 8.42. The molecule has 0 aliphatic rings. The summed E-state index contributed by atoms with van der Waals surface area (Å²) >= 11 is 5.82. The number of halogens is 1. The van der Waals surface area contributed by atoms with Crippen LogP contribution < -0.4 is 11.1 Å². The summed E-state index contributed by atoms with van der Waals surface area (Å²) < 4.78 is 0. The fraction of sp³-hybridized carbons (Fsp3) is 0.188. The van der Waals surface area contributed by atoms with Crippen LogP contribution in [-0.2, 0) is 17.6 Å². The van der Waals surface area contributed by atoms with Crippen molar-refractivity contribution in [2.24, 2.45) is 0 Å². The summed E-state index contributed by atoms with van der Waals surface area (Å²) in [7, 11) is 0. The second-order valence-corrected chi connectivity index (χ2v) is 5.08. The molecular formula is C16H17ClN2O. The molecule has 2 rings (SSSR count). The molecule has 0 saturated heterocycles. The summed E-state index contributed by atoms with van der Waals surface area (Å²) in [4.78, 5) is 11.8. The van der Waals surface area contributed by atoms with Gasteiger partial charge in [0.1, 0.15) is 0 Å². The molecule has 3 N–H and O–H groups in total. The van der Waals surface area contributed by atoms with Crippen LogP contribution in [-0.4, -0.2) is 12.5 Å². The molecule has 0 spiro atoms. The molecule has 0 aliphatic carbocycles. The Balaban J connectivity index is 1.75. The van der Waals surface area contributed by atoms with E-state index in [2.05, 4.69) is 5.32 Å². The fourth-order valence-corrected chi connectivity index (χ4v) is 2.01. The maximum Gasteiger partial charge on any atom is 0.224 e. The highest BCUT2D eigenvalue weighted by Gasteiger charge is 2.03. The van der Waals surface area contributed by atoms with Crippen molar-refractivity contribution in [3.63, 3.8) is 0 Å². The molecule has 0 saturated carbocycles. The second kappa shape index (κ2) is 6.96. The average Bonchev–Trinajstić information content (AvgIpc) is 2.44. The van der Waals surface area contributed by atoms with E-state index in [1.54, 1.807) is 12.1 Å². The van der Waals surface area contributed by atoms with Crippen LogP contribution in [0.4, 0.5) is 5.69 Å². The standard InChI is InChI=1S/C16H17ClN2O/c17-14-5-1-12(2-6-14)9-10-19-16(20)11-13-3-7-15(18)8-4-13/h1-8H,9-11,18H2,(H,19,20). The molecule has 2 aromatic rings. The zero-order valence-electron chi connectivity index (χ0n) is 11.1. The van der Waals surface area contributed by atoms with Crippen LogP contribution in [0.15, 0.2) is 48.5 Å². The van der Waals surface area contributed by atoms with E-state index in [0.717, 1.165) is 22.6 Å². The summed E-state index contributed by atoms with van der Waals surface area (Å²) in [6.07, 6.45) is 1.17. The summed E-state index contributed by atoms with van der Waals surface area (Å²) in [6.45, 7) is 0.620. The molecule has 0 bridgehead atoms. The van der Waals surface area contributed by atoms with Crippen LogP contribution in [0, 0.1) is 0 Å². The van der Waals surface area contributed by atoms with Crippen molar-refractivity contribution in [2.75, 3.05) is 12.3 Å². The Hall–Kier alpha value is -2.00. The van der Waals surface area contributed by atoms with Gasteiger partial charge in [0.05, 0.1) is 6.42 Å². The predicted octanol–water partition coefficient (Wildman–Crippen LogP) is 2.82. The number of amides is 1. The van der Waals surface area contributed by atoms with E-state index in [0.29, 0.717) is 18.7 Å². The summed E-state index contributed by atoms with van der Waals surface area (Å²) in [6, 6.07) is 15.0. The SMILES string of the molecule is Nc1ccc(CC(=O)NCCc2ccc(Cl)cc2)cc1. The number of hydrogen-bond donors (Lipinski definition) is 2. The lowest BCUT2D eigenvalue weighted by Crippen LogP contribution is -2.27. The topological polar surface area (TPSA) is 55.1 Å². The average molecular weight is 289 g/mol. The lowest BCUT2D eigenvalue weighted by molar-refractivity contribution is -0.120. The van der Waals surface area contributed by atoms with Gasteiger partial charge in [-0.05, 0) is 41.8 Å². The minimum atomic E-state index is 0.0173. The number of carbonyl (C=O) groups excluding carboxylic acids is 1. The van der Waals surface area contributed by atoms with Crippen molar-refractivity contribution in [2.45, 2.75) is 12.8 Å². The van der Waals surface area contributed by atoms with Gasteiger partial charge < -0.3 is 11.1 Å². The van der Waals surface area contributed by atoms with Crippen LogP contribution >= 0.6 is 11.6 Å². The molecule has 0 atom stereocenters. The highest BCUT2D eigenvalue weighted by atomic mass is 35.5. The maximum absolute atomic E-state index is 11.8. The Morgan fingerprint density at radius 2 is 1.60 bits per heavy atom. The van der Waals surface area contributed by atoms with E-state index in [4.69, 9.17) is 17.3 Å². The third-order valence-electron chi connectivity index (χ3n) is 2.99. The fourth-order valence-electron chi connectivity index (χ4n) is 1.88. The van der Waals surface area contributed by atoms with Crippen molar-refractivity contribution in [1.29, 1.82) is 0 Å². The van der Waals surface area contributed by atoms with Gasteiger partial charge in [-0.25, -0.2) is 0 Å². The van der Waals surface area contributed by atoms with Gasteiger partial charge in [0, 0.05) is 17.3 Å². The number of rotatable bonds is 5. The van der Waals surface area contributed by atoms with Gasteiger partial charge in [-0.1, -0.05) is 35.9 Å². The predicted molar refractivity (Wildman–Crippen MR) is 82.7 cm³/mol. The first-order valence-electron chi connectivity index (χ1n) is 6.49. The molecule has 2 aromatic carbocycles. The van der Waals surface area contributed by atoms with Crippen LogP contribution in [0.2, 0.25) is 5.02 Å². The van der Waals surface area contributed by atoms with Gasteiger partial charge in [-0.15, -0.1) is 0 Å². The Morgan fingerprint density at radius 1 is 1.00 bits per heavy atom. The van der Waals surface area contributed by atoms with E-state index >= 15 is 0 Å². The van der Waals surface area contributed by atoms with E-state index in [9.17, 15) is 4.79 Å². The summed E-state index contributed by atoms with van der Waals surface area (Å²) in [5.74, 6) is 0.0173. The first-order chi connectivity index (χ1) is 9.63. The van der Waals surface area contributed by atoms with E-state index in [1.165, 1.54) is 0 Å². The first-order valence-corrected chi connectivity index (χ1v) is 6.87. The van der Waals surface area contributed by atoms with E-state index in [-0.39, 0.29) is 5.91 Å². The summed E-state index contributed by atoms with van der Waals surface area (Å²) in [5, 5.41) is 3.63. The Labute approximate surface area is 123 Å². The molecule has 20 heavy (non-hydrogen) atoms. The van der Waals surface area contributed by atoms with E-state index < -0.39 is 0 Å². The Morgan fingerprint density at radius 3 is 2.25 bits per heavy atom. The maximum atomic E-state index is 11.8. The molecule has 0 fully saturated rings. The number of nitrogens with two attached hydrogens (primary N) is 1. The van der Waals surface area contributed by atoms with E-state index in [1.807, 2.05) is 36.4 Å². The van der Waals surface area contributed by atoms with Crippen LogP contribution in [0.5, 0.6) is 0 Å². The molecule has 0 heterocycles. The molecule has 1 amide bonds. The Kier molecular flexibility index (Phi) is 5.02. The minimum Gasteiger partial charge on any atom is -0.399 e. The number of benzene rings is 2. The van der Waals surface area contributed by atoms with Crippen molar-refractivity contribution in [3.8, 4) is 0 Å². The zero-order valence-corrected chi connectivity index (χ0v) is 11.9. The van der Waals surface area contributed by atoms with Gasteiger partial charge in [0.15, 0.2) is 0 Å². The smallest absolute Gasteiger partial charge is 0.224 e. The quantitative estimate of drug-likeness (QED) is 0.831. The molecule has 0 unspecified atom stereocenters. The third-order valence-corrected chi connectivity index (χ3v) is 3.25. The van der Waals surface area contributed by atoms with Gasteiger partial charge in [-0.3, -0.25) is 4.79 Å². The van der Waals surface area contributed by atoms with Crippen LogP contribution in [0.1, 0.15) is 11.1 Å². The van der Waals surface area contributed by atoms with Crippen LogP contribution in [0.3, 0.4) is 0 Å². The normalized spacial score (nSPS) is 10.2.